The number of carbonyl (C=O) groups is 3. The molecule has 1 aliphatic heterocycles. The number of nitrogens with zero attached hydrogens (tertiary/aromatic N) is 2. The number of rotatable bonds is 6. The van der Waals surface area contributed by atoms with Gasteiger partial charge in [-0.2, -0.15) is 0 Å². The van der Waals surface area contributed by atoms with E-state index in [2.05, 4.69) is 15.6 Å². The molecule has 210 valence electrons. The second-order valence-electron chi connectivity index (χ2n) is 11.5. The van der Waals surface area contributed by atoms with Crippen LogP contribution in [-0.4, -0.2) is 52.0 Å². The number of nitrogen functional groups attached to an aromatic ring is 1. The van der Waals surface area contributed by atoms with Crippen molar-refractivity contribution in [2.75, 3.05) is 12.3 Å². The summed E-state index contributed by atoms with van der Waals surface area (Å²) in [7, 11) is 0. The van der Waals surface area contributed by atoms with Crippen molar-refractivity contribution in [2.24, 2.45) is 5.92 Å². The number of nitrogens with two attached hydrogens (primary N) is 1. The van der Waals surface area contributed by atoms with Gasteiger partial charge in [0, 0.05) is 12.2 Å². The zero-order chi connectivity index (χ0) is 28.3. The minimum Gasteiger partial charge on any atom is -0.444 e. The fourth-order valence-electron chi connectivity index (χ4n) is 5.29. The Morgan fingerprint density at radius 3 is 2.59 bits per heavy atom. The average molecular weight is 540 g/mol. The molecule has 4 rings (SSSR count). The highest BCUT2D eigenvalue weighted by molar-refractivity contribution is 5.91. The summed E-state index contributed by atoms with van der Waals surface area (Å²) in [6.45, 7) is 7.25. The van der Waals surface area contributed by atoms with Gasteiger partial charge in [0.15, 0.2) is 0 Å². The first kappa shape index (κ1) is 28.3. The predicted molar refractivity (Wildman–Crippen MR) is 145 cm³/mol. The normalized spacial score (nSPS) is 21.6. The molecule has 3 amide bonds. The van der Waals surface area contributed by atoms with E-state index < -0.39 is 29.7 Å². The zero-order valence-electron chi connectivity index (χ0n) is 23.0. The molecule has 2 aromatic rings. The van der Waals surface area contributed by atoms with E-state index in [1.165, 1.54) is 17.0 Å². The number of ether oxygens (including phenoxy) is 1. The molecule has 0 spiro atoms. The zero-order valence-corrected chi connectivity index (χ0v) is 23.0. The number of likely N-dealkylation sites (tertiary alicyclic amines) is 1. The Morgan fingerprint density at radius 2 is 1.90 bits per heavy atom. The maximum absolute atomic E-state index is 13.4. The fraction of sp³-hybridized carbons (Fsp3) is 0.517. The molecule has 4 atom stereocenters. The third kappa shape index (κ3) is 7.25. The predicted octanol–water partition coefficient (Wildman–Crippen LogP) is 3.67. The lowest BCUT2D eigenvalue weighted by Gasteiger charge is -2.29. The van der Waals surface area contributed by atoms with E-state index in [9.17, 15) is 18.8 Å². The number of halogens is 1. The van der Waals surface area contributed by atoms with Gasteiger partial charge in [-0.25, -0.2) is 14.2 Å². The van der Waals surface area contributed by atoms with Crippen LogP contribution in [0, 0.1) is 11.7 Å². The minimum absolute atomic E-state index is 0.0264. The first-order valence-corrected chi connectivity index (χ1v) is 13.5. The van der Waals surface area contributed by atoms with E-state index in [0.29, 0.717) is 25.2 Å². The highest BCUT2D eigenvalue weighted by atomic mass is 19.1. The second kappa shape index (κ2) is 11.6. The van der Waals surface area contributed by atoms with E-state index in [4.69, 9.17) is 10.5 Å². The molecule has 9 nitrogen and oxygen atoms in total. The molecular weight excluding hydrogens is 501 g/mol. The molecule has 0 radical (unpaired) electrons. The number of amides is 3. The lowest BCUT2D eigenvalue weighted by molar-refractivity contribution is -0.131. The molecule has 1 saturated heterocycles. The standard InChI is InChI=1S/C29H38FN5O4/c1-17(26(36)34-23-7-5-6-22-21(23)12-13-25(31)33-22)32-27(37)24-15-19(14-18-8-10-20(30)11-9-18)16-35(24)28(38)39-29(2,3)4/h8-13,17,19,23-24H,5-7,14-16H2,1-4H3,(H2,31,33)(H,32,37)(H,34,36)/t17-,19-,23?,24+/m0/s1. The number of aromatic nitrogens is 1. The van der Waals surface area contributed by atoms with Crippen molar-refractivity contribution < 1.29 is 23.5 Å². The third-order valence-corrected chi connectivity index (χ3v) is 7.14. The summed E-state index contributed by atoms with van der Waals surface area (Å²) in [5.74, 6) is -0.625. The Hall–Kier alpha value is -3.69. The van der Waals surface area contributed by atoms with Gasteiger partial charge in [-0.1, -0.05) is 18.2 Å². The Bertz CT molecular complexity index is 1210. The van der Waals surface area contributed by atoms with Crippen molar-refractivity contribution in [3.05, 3.63) is 59.0 Å². The Labute approximate surface area is 228 Å². The summed E-state index contributed by atoms with van der Waals surface area (Å²) in [5.41, 5.74) is 7.84. The summed E-state index contributed by atoms with van der Waals surface area (Å²) >= 11 is 0. The van der Waals surface area contributed by atoms with Crippen LogP contribution < -0.4 is 16.4 Å². The number of fused-ring (bicyclic) bond motifs is 1. The monoisotopic (exact) mass is 539 g/mol. The van der Waals surface area contributed by atoms with Gasteiger partial charge < -0.3 is 21.1 Å². The van der Waals surface area contributed by atoms with Gasteiger partial charge in [0.25, 0.3) is 0 Å². The average Bonchev–Trinajstić information content (AvgIpc) is 3.28. The van der Waals surface area contributed by atoms with Crippen molar-refractivity contribution in [1.82, 2.24) is 20.5 Å². The Balaban J connectivity index is 1.42. The van der Waals surface area contributed by atoms with Crippen molar-refractivity contribution in [2.45, 2.75) is 83.5 Å². The van der Waals surface area contributed by atoms with Gasteiger partial charge in [-0.3, -0.25) is 14.5 Å². The van der Waals surface area contributed by atoms with Crippen LogP contribution in [-0.2, 0) is 27.2 Å². The first-order chi connectivity index (χ1) is 18.4. The molecule has 10 heteroatoms. The Morgan fingerprint density at radius 1 is 1.18 bits per heavy atom. The van der Waals surface area contributed by atoms with Gasteiger partial charge in [0.1, 0.15) is 29.3 Å². The molecule has 2 aliphatic rings. The maximum Gasteiger partial charge on any atom is 0.410 e. The number of hydrogen-bond donors (Lipinski definition) is 3. The fourth-order valence-corrected chi connectivity index (χ4v) is 5.29. The van der Waals surface area contributed by atoms with Gasteiger partial charge in [0.2, 0.25) is 11.8 Å². The SMILES string of the molecule is C[C@H](NC(=O)[C@H]1C[C@H](Cc2ccc(F)cc2)CN1C(=O)OC(C)(C)C)C(=O)NC1CCCc2nc(N)ccc21. The van der Waals surface area contributed by atoms with E-state index in [1.54, 1.807) is 45.9 Å². The van der Waals surface area contributed by atoms with Crippen LogP contribution in [0.5, 0.6) is 0 Å². The molecule has 1 aromatic heterocycles. The first-order valence-electron chi connectivity index (χ1n) is 13.5. The van der Waals surface area contributed by atoms with Crippen LogP contribution in [0.15, 0.2) is 36.4 Å². The molecule has 1 aliphatic carbocycles. The highest BCUT2D eigenvalue weighted by Gasteiger charge is 2.42. The summed E-state index contributed by atoms with van der Waals surface area (Å²) in [6, 6.07) is 8.02. The molecule has 0 bridgehead atoms. The van der Waals surface area contributed by atoms with Crippen LogP contribution in [0.2, 0.25) is 0 Å². The van der Waals surface area contributed by atoms with E-state index in [1.807, 2.05) is 6.07 Å². The van der Waals surface area contributed by atoms with Gasteiger partial charge >= 0.3 is 6.09 Å². The van der Waals surface area contributed by atoms with E-state index in [-0.39, 0.29) is 23.7 Å². The van der Waals surface area contributed by atoms with Gasteiger partial charge in [-0.15, -0.1) is 0 Å². The van der Waals surface area contributed by atoms with Crippen LogP contribution in [0.1, 0.15) is 69.8 Å². The highest BCUT2D eigenvalue weighted by Crippen LogP contribution is 2.30. The maximum atomic E-state index is 13.4. The van der Waals surface area contributed by atoms with Crippen molar-refractivity contribution in [3.8, 4) is 0 Å². The molecular formula is C29H38FN5O4. The quantitative estimate of drug-likeness (QED) is 0.514. The van der Waals surface area contributed by atoms with Crippen LogP contribution >= 0.6 is 0 Å². The number of hydrogen-bond acceptors (Lipinski definition) is 6. The molecule has 1 aromatic carbocycles. The largest absolute Gasteiger partial charge is 0.444 e. The number of benzene rings is 1. The van der Waals surface area contributed by atoms with E-state index >= 15 is 0 Å². The van der Waals surface area contributed by atoms with Crippen LogP contribution in [0.4, 0.5) is 15.0 Å². The summed E-state index contributed by atoms with van der Waals surface area (Å²) in [4.78, 5) is 45.3. The molecule has 39 heavy (non-hydrogen) atoms. The summed E-state index contributed by atoms with van der Waals surface area (Å²) in [5, 5.41) is 5.83. The van der Waals surface area contributed by atoms with E-state index in [0.717, 1.165) is 36.1 Å². The molecule has 0 saturated carbocycles. The summed E-state index contributed by atoms with van der Waals surface area (Å²) in [6.07, 6.45) is 2.86. The summed E-state index contributed by atoms with van der Waals surface area (Å²) < 4.78 is 18.9. The lowest BCUT2D eigenvalue weighted by Crippen LogP contribution is -2.53. The van der Waals surface area contributed by atoms with Gasteiger partial charge in [0.05, 0.1) is 6.04 Å². The van der Waals surface area contributed by atoms with Crippen molar-refractivity contribution >= 4 is 23.7 Å². The molecule has 1 fully saturated rings. The number of carbonyl (C=O) groups excluding carboxylic acids is 3. The third-order valence-electron chi connectivity index (χ3n) is 7.14. The number of nitrogens with one attached hydrogen (secondary N) is 2. The minimum atomic E-state index is -0.818. The van der Waals surface area contributed by atoms with Crippen molar-refractivity contribution in [3.63, 3.8) is 0 Å². The molecule has 4 N–H and O–H groups in total. The Kier molecular flexibility index (Phi) is 8.42. The second-order valence-corrected chi connectivity index (χ2v) is 11.5. The van der Waals surface area contributed by atoms with Crippen LogP contribution in [0.25, 0.3) is 0 Å². The van der Waals surface area contributed by atoms with Crippen molar-refractivity contribution in [1.29, 1.82) is 0 Å². The lowest BCUT2D eigenvalue weighted by atomic mass is 9.91. The number of aryl methyl sites for hydroxylation is 1. The smallest absolute Gasteiger partial charge is 0.410 e. The topological polar surface area (TPSA) is 127 Å². The number of anilines is 1. The van der Waals surface area contributed by atoms with Gasteiger partial charge in [-0.05, 0) is 95.0 Å². The van der Waals surface area contributed by atoms with Crippen LogP contribution in [0.3, 0.4) is 0 Å². The number of pyridine rings is 1. The molecule has 2 heterocycles. The molecule has 1 unspecified atom stereocenters.